The summed E-state index contributed by atoms with van der Waals surface area (Å²) in [4.78, 5) is 11.5. The number of carbonyl (C=O) groups is 1. The molecule has 1 aromatic rings. The minimum absolute atomic E-state index is 0.0412. The molecule has 0 saturated carbocycles. The van der Waals surface area contributed by atoms with E-state index in [4.69, 9.17) is 0 Å². The second-order valence-electron chi connectivity index (χ2n) is 3.22. The molecule has 0 fully saturated rings. The van der Waals surface area contributed by atoms with Gasteiger partial charge in [0.25, 0.3) is 0 Å². The van der Waals surface area contributed by atoms with Crippen molar-refractivity contribution in [1.29, 1.82) is 0 Å². The van der Waals surface area contributed by atoms with Crippen LogP contribution in [0.3, 0.4) is 0 Å². The first-order chi connectivity index (χ1) is 6.11. The number of nitrogens with one attached hydrogen (secondary N) is 1. The smallest absolute Gasteiger partial charge is 0.244 e. The van der Waals surface area contributed by atoms with Crippen LogP contribution in [0.5, 0.6) is 0 Å². The standard InChI is InChI=1S/C8H14N4O/c1-6(2)10-8(13)7(3)12-5-4-9-11-12/h4-7H,1-3H3,(H,10,13). The fraction of sp³-hybridized carbons (Fsp3) is 0.625. The summed E-state index contributed by atoms with van der Waals surface area (Å²) in [5.74, 6) is -0.0412. The Bertz CT molecular complexity index is 268. The molecule has 0 aliphatic rings. The zero-order chi connectivity index (χ0) is 9.84. The van der Waals surface area contributed by atoms with Crippen molar-refractivity contribution >= 4 is 5.91 Å². The Morgan fingerprint density at radius 2 is 2.15 bits per heavy atom. The molecular formula is C8H14N4O. The van der Waals surface area contributed by atoms with Crippen LogP contribution < -0.4 is 5.32 Å². The molecule has 0 aliphatic heterocycles. The lowest BCUT2D eigenvalue weighted by atomic mass is 10.3. The van der Waals surface area contributed by atoms with Gasteiger partial charge in [-0.1, -0.05) is 5.21 Å². The number of hydrogen-bond acceptors (Lipinski definition) is 3. The minimum atomic E-state index is -0.301. The number of aromatic nitrogens is 3. The van der Waals surface area contributed by atoms with Crippen molar-refractivity contribution in [3.8, 4) is 0 Å². The lowest BCUT2D eigenvalue weighted by Gasteiger charge is -2.13. The van der Waals surface area contributed by atoms with Crippen LogP contribution >= 0.6 is 0 Å². The number of nitrogens with zero attached hydrogens (tertiary/aromatic N) is 3. The quantitative estimate of drug-likeness (QED) is 0.734. The lowest BCUT2D eigenvalue weighted by molar-refractivity contribution is -0.124. The van der Waals surface area contributed by atoms with E-state index in [0.717, 1.165) is 0 Å². The highest BCUT2D eigenvalue weighted by molar-refractivity contribution is 5.79. The van der Waals surface area contributed by atoms with Gasteiger partial charge in [0.2, 0.25) is 5.91 Å². The van der Waals surface area contributed by atoms with Crippen LogP contribution in [0.15, 0.2) is 12.4 Å². The van der Waals surface area contributed by atoms with Crippen molar-refractivity contribution in [3.63, 3.8) is 0 Å². The van der Waals surface area contributed by atoms with E-state index >= 15 is 0 Å². The number of carbonyl (C=O) groups excluding carboxylic acids is 1. The molecule has 0 aliphatic carbocycles. The second kappa shape index (κ2) is 4.02. The zero-order valence-electron chi connectivity index (χ0n) is 8.06. The highest BCUT2D eigenvalue weighted by atomic mass is 16.2. The molecule has 1 aromatic heterocycles. The Hall–Kier alpha value is -1.39. The highest BCUT2D eigenvalue weighted by Crippen LogP contribution is 2.01. The number of amides is 1. The third-order valence-corrected chi connectivity index (χ3v) is 1.65. The Morgan fingerprint density at radius 1 is 1.46 bits per heavy atom. The van der Waals surface area contributed by atoms with Crippen LogP contribution in [0.4, 0.5) is 0 Å². The van der Waals surface area contributed by atoms with Crippen LogP contribution in [0.1, 0.15) is 26.8 Å². The molecule has 0 bridgehead atoms. The summed E-state index contributed by atoms with van der Waals surface area (Å²) in [6, 6.07) is -0.150. The van der Waals surface area contributed by atoms with Crippen molar-refractivity contribution in [2.24, 2.45) is 0 Å². The van der Waals surface area contributed by atoms with Gasteiger partial charge < -0.3 is 5.32 Å². The van der Waals surface area contributed by atoms with Crippen molar-refractivity contribution in [1.82, 2.24) is 20.3 Å². The molecule has 1 N–H and O–H groups in total. The van der Waals surface area contributed by atoms with E-state index in [1.807, 2.05) is 13.8 Å². The summed E-state index contributed by atoms with van der Waals surface area (Å²) in [7, 11) is 0. The molecule has 0 saturated heterocycles. The van der Waals surface area contributed by atoms with Gasteiger partial charge in [-0.3, -0.25) is 4.79 Å². The molecule has 72 valence electrons. The van der Waals surface area contributed by atoms with Crippen LogP contribution in [0, 0.1) is 0 Å². The average Bonchev–Trinajstić information content (AvgIpc) is 2.53. The van der Waals surface area contributed by atoms with Crippen molar-refractivity contribution in [2.75, 3.05) is 0 Å². The van der Waals surface area contributed by atoms with E-state index in [1.165, 1.54) is 4.68 Å². The first-order valence-corrected chi connectivity index (χ1v) is 4.27. The summed E-state index contributed by atoms with van der Waals surface area (Å²) in [5, 5.41) is 10.2. The molecule has 5 heteroatoms. The third kappa shape index (κ3) is 2.54. The first kappa shape index (κ1) is 9.70. The average molecular weight is 182 g/mol. The fourth-order valence-corrected chi connectivity index (χ4v) is 0.949. The van der Waals surface area contributed by atoms with Crippen LogP contribution in [-0.4, -0.2) is 26.9 Å². The normalized spacial score (nSPS) is 12.9. The molecule has 1 atom stereocenters. The van der Waals surface area contributed by atoms with Crippen LogP contribution in [0.2, 0.25) is 0 Å². The Labute approximate surface area is 77.1 Å². The molecule has 1 amide bonds. The maximum absolute atomic E-state index is 11.5. The van der Waals surface area contributed by atoms with Gasteiger partial charge in [0.1, 0.15) is 6.04 Å². The minimum Gasteiger partial charge on any atom is -0.352 e. The van der Waals surface area contributed by atoms with Gasteiger partial charge in [-0.2, -0.15) is 0 Å². The predicted molar refractivity (Wildman–Crippen MR) is 48.0 cm³/mol. The summed E-state index contributed by atoms with van der Waals surface area (Å²) >= 11 is 0. The second-order valence-corrected chi connectivity index (χ2v) is 3.22. The topological polar surface area (TPSA) is 59.8 Å². The summed E-state index contributed by atoms with van der Waals surface area (Å²) < 4.78 is 1.53. The van der Waals surface area contributed by atoms with E-state index in [-0.39, 0.29) is 18.0 Å². The van der Waals surface area contributed by atoms with E-state index < -0.39 is 0 Å². The molecule has 1 heterocycles. The summed E-state index contributed by atoms with van der Waals surface area (Å²) in [6.45, 7) is 5.63. The molecule has 0 aromatic carbocycles. The Balaban J connectivity index is 2.58. The molecule has 0 spiro atoms. The van der Waals surface area contributed by atoms with Crippen molar-refractivity contribution in [2.45, 2.75) is 32.9 Å². The Morgan fingerprint density at radius 3 is 2.62 bits per heavy atom. The molecule has 1 rings (SSSR count). The van der Waals surface area contributed by atoms with Crippen molar-refractivity contribution < 1.29 is 4.79 Å². The zero-order valence-corrected chi connectivity index (χ0v) is 8.06. The maximum Gasteiger partial charge on any atom is 0.244 e. The Kier molecular flexibility index (Phi) is 3.00. The fourth-order valence-electron chi connectivity index (χ4n) is 0.949. The van der Waals surface area contributed by atoms with E-state index in [0.29, 0.717) is 0 Å². The molecule has 0 radical (unpaired) electrons. The van der Waals surface area contributed by atoms with Crippen LogP contribution in [-0.2, 0) is 4.79 Å². The molecule has 1 unspecified atom stereocenters. The van der Waals surface area contributed by atoms with Gasteiger partial charge in [0, 0.05) is 12.2 Å². The molecule has 13 heavy (non-hydrogen) atoms. The summed E-state index contributed by atoms with van der Waals surface area (Å²) in [6.07, 6.45) is 3.23. The van der Waals surface area contributed by atoms with Gasteiger partial charge >= 0.3 is 0 Å². The van der Waals surface area contributed by atoms with Gasteiger partial charge in [-0.05, 0) is 20.8 Å². The van der Waals surface area contributed by atoms with Crippen LogP contribution in [0.25, 0.3) is 0 Å². The van der Waals surface area contributed by atoms with E-state index in [9.17, 15) is 4.79 Å². The SMILES string of the molecule is CC(C)NC(=O)C(C)n1ccnn1. The molecular weight excluding hydrogens is 168 g/mol. The van der Waals surface area contributed by atoms with E-state index in [1.54, 1.807) is 19.3 Å². The highest BCUT2D eigenvalue weighted by Gasteiger charge is 2.15. The van der Waals surface area contributed by atoms with Gasteiger partial charge in [0.05, 0.1) is 6.20 Å². The largest absolute Gasteiger partial charge is 0.352 e. The molecule has 5 nitrogen and oxygen atoms in total. The number of hydrogen-bond donors (Lipinski definition) is 1. The summed E-state index contributed by atoms with van der Waals surface area (Å²) in [5.41, 5.74) is 0. The van der Waals surface area contributed by atoms with Crippen molar-refractivity contribution in [3.05, 3.63) is 12.4 Å². The number of rotatable bonds is 3. The lowest BCUT2D eigenvalue weighted by Crippen LogP contribution is -2.35. The first-order valence-electron chi connectivity index (χ1n) is 4.27. The maximum atomic E-state index is 11.5. The van der Waals surface area contributed by atoms with Gasteiger partial charge in [0.15, 0.2) is 0 Å². The monoisotopic (exact) mass is 182 g/mol. The van der Waals surface area contributed by atoms with E-state index in [2.05, 4.69) is 15.6 Å². The predicted octanol–water partition coefficient (Wildman–Crippen LogP) is 0.364. The van der Waals surface area contributed by atoms with Gasteiger partial charge in [-0.15, -0.1) is 5.10 Å². The third-order valence-electron chi connectivity index (χ3n) is 1.65. The van der Waals surface area contributed by atoms with Gasteiger partial charge in [-0.25, -0.2) is 4.68 Å².